The molecule has 0 bridgehead atoms. The van der Waals surface area contributed by atoms with E-state index >= 15 is 0 Å². The molecule has 1 unspecified atom stereocenters. The monoisotopic (exact) mass is 291 g/mol. The number of hydrogen-bond acceptors (Lipinski definition) is 2. The Labute approximate surface area is 126 Å². The Kier molecular flexibility index (Phi) is 5.15. The highest BCUT2D eigenvalue weighted by atomic mass is 16.4. The molecule has 1 atom stereocenters. The van der Waals surface area contributed by atoms with Crippen LogP contribution in [0.15, 0.2) is 18.2 Å². The Morgan fingerprint density at radius 3 is 2.29 bits per heavy atom. The molecule has 1 amide bonds. The molecule has 4 heteroatoms. The molecule has 0 aliphatic rings. The number of rotatable bonds is 4. The molecule has 21 heavy (non-hydrogen) atoms. The predicted molar refractivity (Wildman–Crippen MR) is 84.5 cm³/mol. The number of nitrogens with zero attached hydrogens (tertiary/aromatic N) is 1. The molecule has 1 rings (SSSR count). The first-order valence-electron chi connectivity index (χ1n) is 7.16. The largest absolute Gasteiger partial charge is 0.481 e. The van der Waals surface area contributed by atoms with Crippen molar-refractivity contribution in [3.63, 3.8) is 0 Å². The molecule has 0 aromatic heterocycles. The van der Waals surface area contributed by atoms with Crippen molar-refractivity contribution in [2.45, 2.75) is 41.5 Å². The van der Waals surface area contributed by atoms with Crippen LogP contribution < -0.4 is 4.90 Å². The van der Waals surface area contributed by atoms with Crippen LogP contribution in [0.3, 0.4) is 0 Å². The number of amides is 1. The fourth-order valence-corrected chi connectivity index (χ4v) is 2.08. The third-order valence-electron chi connectivity index (χ3n) is 3.63. The molecule has 0 fully saturated rings. The average molecular weight is 291 g/mol. The summed E-state index contributed by atoms with van der Waals surface area (Å²) in [5, 5.41) is 9.15. The zero-order valence-corrected chi connectivity index (χ0v) is 13.7. The number of anilines is 1. The van der Waals surface area contributed by atoms with E-state index in [1.807, 2.05) is 52.8 Å². The Hall–Kier alpha value is -1.84. The van der Waals surface area contributed by atoms with Gasteiger partial charge in [-0.25, -0.2) is 0 Å². The normalized spacial score (nSPS) is 12.9. The van der Waals surface area contributed by atoms with Gasteiger partial charge in [-0.1, -0.05) is 39.8 Å². The van der Waals surface area contributed by atoms with E-state index in [1.165, 1.54) is 0 Å². The second-order valence-electron chi connectivity index (χ2n) is 6.62. The van der Waals surface area contributed by atoms with Gasteiger partial charge in [0.2, 0.25) is 5.91 Å². The number of hydrogen-bond donors (Lipinski definition) is 1. The first-order valence-corrected chi connectivity index (χ1v) is 7.16. The Balaban J connectivity index is 3.28. The van der Waals surface area contributed by atoms with Crippen LogP contribution in [0.25, 0.3) is 0 Å². The molecule has 0 radical (unpaired) electrons. The van der Waals surface area contributed by atoms with Crippen LogP contribution in [-0.2, 0) is 9.59 Å². The third kappa shape index (κ3) is 4.06. The number of carbonyl (C=O) groups excluding carboxylic acids is 1. The van der Waals surface area contributed by atoms with Crippen LogP contribution in [0.5, 0.6) is 0 Å². The highest BCUT2D eigenvalue weighted by Crippen LogP contribution is 2.28. The summed E-state index contributed by atoms with van der Waals surface area (Å²) >= 11 is 0. The summed E-state index contributed by atoms with van der Waals surface area (Å²) in [6.07, 6.45) is 0. The minimum atomic E-state index is -0.896. The van der Waals surface area contributed by atoms with Gasteiger partial charge in [-0.05, 0) is 31.0 Å². The summed E-state index contributed by atoms with van der Waals surface area (Å²) < 4.78 is 0. The summed E-state index contributed by atoms with van der Waals surface area (Å²) in [6.45, 7) is 11.3. The van der Waals surface area contributed by atoms with Crippen LogP contribution in [0.1, 0.15) is 38.8 Å². The van der Waals surface area contributed by atoms with Crippen molar-refractivity contribution < 1.29 is 14.7 Å². The molecule has 4 nitrogen and oxygen atoms in total. The minimum Gasteiger partial charge on any atom is -0.481 e. The smallest absolute Gasteiger partial charge is 0.308 e. The number of aliphatic carboxylic acids is 1. The lowest BCUT2D eigenvalue weighted by Crippen LogP contribution is -2.43. The zero-order valence-electron chi connectivity index (χ0n) is 13.7. The Morgan fingerprint density at radius 2 is 1.81 bits per heavy atom. The van der Waals surface area contributed by atoms with Gasteiger partial charge < -0.3 is 10.0 Å². The van der Waals surface area contributed by atoms with E-state index in [4.69, 9.17) is 5.11 Å². The fourth-order valence-electron chi connectivity index (χ4n) is 2.08. The topological polar surface area (TPSA) is 57.6 Å². The summed E-state index contributed by atoms with van der Waals surface area (Å²) in [5.74, 6) is -1.58. The Bertz CT molecular complexity index is 543. The number of aryl methyl sites for hydroxylation is 1. The molecule has 1 aromatic rings. The number of carboxylic acids is 1. The van der Waals surface area contributed by atoms with E-state index in [-0.39, 0.29) is 12.5 Å². The van der Waals surface area contributed by atoms with Gasteiger partial charge in [-0.3, -0.25) is 9.59 Å². The third-order valence-corrected chi connectivity index (χ3v) is 3.63. The minimum absolute atomic E-state index is 0.0655. The molecule has 0 saturated heterocycles. The highest BCUT2D eigenvalue weighted by Gasteiger charge is 2.31. The molecule has 0 spiro atoms. The summed E-state index contributed by atoms with van der Waals surface area (Å²) in [6, 6.07) is 5.76. The van der Waals surface area contributed by atoms with Gasteiger partial charge in [-0.2, -0.15) is 0 Å². The lowest BCUT2D eigenvalue weighted by atomic mass is 9.93. The summed E-state index contributed by atoms with van der Waals surface area (Å²) in [5.41, 5.74) is 2.33. The van der Waals surface area contributed by atoms with Gasteiger partial charge >= 0.3 is 5.97 Å². The quantitative estimate of drug-likeness (QED) is 0.925. The van der Waals surface area contributed by atoms with Gasteiger partial charge in [-0.15, -0.1) is 0 Å². The van der Waals surface area contributed by atoms with Gasteiger partial charge in [0, 0.05) is 17.6 Å². The number of carboxylic acid groups (broad SMARTS) is 1. The molecular weight excluding hydrogens is 266 g/mol. The van der Waals surface area contributed by atoms with Crippen LogP contribution >= 0.6 is 0 Å². The average Bonchev–Trinajstić information content (AvgIpc) is 2.37. The van der Waals surface area contributed by atoms with Crippen LogP contribution in [0, 0.1) is 25.2 Å². The van der Waals surface area contributed by atoms with E-state index < -0.39 is 17.3 Å². The number of carbonyl (C=O) groups is 2. The van der Waals surface area contributed by atoms with Gasteiger partial charge in [0.15, 0.2) is 0 Å². The molecule has 1 aromatic carbocycles. The lowest BCUT2D eigenvalue weighted by Gasteiger charge is -2.32. The van der Waals surface area contributed by atoms with Crippen molar-refractivity contribution in [2.75, 3.05) is 11.4 Å². The Morgan fingerprint density at radius 1 is 1.24 bits per heavy atom. The van der Waals surface area contributed by atoms with Crippen molar-refractivity contribution in [3.8, 4) is 0 Å². The van der Waals surface area contributed by atoms with Gasteiger partial charge in [0.25, 0.3) is 0 Å². The fraction of sp³-hybridized carbons (Fsp3) is 0.529. The predicted octanol–water partition coefficient (Wildman–Crippen LogP) is 3.40. The lowest BCUT2D eigenvalue weighted by molar-refractivity contribution is -0.140. The van der Waals surface area contributed by atoms with Crippen molar-refractivity contribution in [2.24, 2.45) is 11.3 Å². The van der Waals surface area contributed by atoms with E-state index in [0.29, 0.717) is 0 Å². The van der Waals surface area contributed by atoms with Crippen LogP contribution in [-0.4, -0.2) is 23.5 Å². The first kappa shape index (κ1) is 17.2. The van der Waals surface area contributed by atoms with Crippen molar-refractivity contribution in [3.05, 3.63) is 29.3 Å². The zero-order chi connectivity index (χ0) is 16.4. The summed E-state index contributed by atoms with van der Waals surface area (Å²) in [4.78, 5) is 25.5. The molecule has 116 valence electrons. The van der Waals surface area contributed by atoms with Crippen molar-refractivity contribution in [1.29, 1.82) is 0 Å². The molecule has 1 N–H and O–H groups in total. The molecule has 0 saturated carbocycles. The second-order valence-corrected chi connectivity index (χ2v) is 6.62. The maximum atomic E-state index is 12.7. The second kappa shape index (κ2) is 6.29. The maximum Gasteiger partial charge on any atom is 0.308 e. The van der Waals surface area contributed by atoms with Crippen molar-refractivity contribution >= 4 is 17.6 Å². The standard InChI is InChI=1S/C17H25NO3/c1-11-8-7-9-14(13(11)3)18(10-12(2)15(19)20)16(21)17(4,5)6/h7-9,12H,10H2,1-6H3,(H,19,20). The maximum absolute atomic E-state index is 12.7. The van der Waals surface area contributed by atoms with Crippen LogP contribution in [0.4, 0.5) is 5.69 Å². The number of benzene rings is 1. The van der Waals surface area contributed by atoms with E-state index in [1.54, 1.807) is 11.8 Å². The molecule has 0 aliphatic heterocycles. The summed E-state index contributed by atoms with van der Waals surface area (Å²) in [7, 11) is 0. The van der Waals surface area contributed by atoms with Crippen molar-refractivity contribution in [1.82, 2.24) is 0 Å². The molecular formula is C17H25NO3. The van der Waals surface area contributed by atoms with E-state index in [0.717, 1.165) is 16.8 Å². The van der Waals surface area contributed by atoms with Crippen LogP contribution in [0.2, 0.25) is 0 Å². The van der Waals surface area contributed by atoms with Gasteiger partial charge in [0.05, 0.1) is 5.92 Å². The van der Waals surface area contributed by atoms with E-state index in [9.17, 15) is 9.59 Å². The first-order chi connectivity index (χ1) is 9.55. The van der Waals surface area contributed by atoms with Gasteiger partial charge in [0.1, 0.15) is 0 Å². The van der Waals surface area contributed by atoms with E-state index in [2.05, 4.69) is 0 Å². The molecule has 0 aliphatic carbocycles. The SMILES string of the molecule is Cc1cccc(N(CC(C)C(=O)O)C(=O)C(C)(C)C)c1C. The highest BCUT2D eigenvalue weighted by molar-refractivity contribution is 5.98. The molecule has 0 heterocycles.